The van der Waals surface area contributed by atoms with Crippen LogP contribution in [0, 0.1) is 5.92 Å². The number of benzene rings is 1. The van der Waals surface area contributed by atoms with Gasteiger partial charge in [0.25, 0.3) is 0 Å². The minimum Gasteiger partial charge on any atom is -0.329 e. The number of likely N-dealkylation sites (tertiary alicyclic amines) is 2. The molecule has 0 saturated carbocycles. The SMILES string of the molecule is CC1CCN(C2(CN)CCN(Cc3ccccc3)C2)C1. The fourth-order valence-corrected chi connectivity index (χ4v) is 3.84. The lowest BCUT2D eigenvalue weighted by Gasteiger charge is -2.38. The molecule has 110 valence electrons. The number of rotatable bonds is 4. The van der Waals surface area contributed by atoms with Gasteiger partial charge < -0.3 is 5.73 Å². The number of nitrogens with two attached hydrogens (primary N) is 1. The van der Waals surface area contributed by atoms with E-state index in [1.807, 2.05) is 0 Å². The van der Waals surface area contributed by atoms with E-state index in [-0.39, 0.29) is 5.54 Å². The summed E-state index contributed by atoms with van der Waals surface area (Å²) in [5, 5.41) is 0. The summed E-state index contributed by atoms with van der Waals surface area (Å²) in [7, 11) is 0. The highest BCUT2D eigenvalue weighted by Crippen LogP contribution is 2.32. The van der Waals surface area contributed by atoms with Gasteiger partial charge in [0.15, 0.2) is 0 Å². The lowest BCUT2D eigenvalue weighted by atomic mass is 9.96. The smallest absolute Gasteiger partial charge is 0.0470 e. The summed E-state index contributed by atoms with van der Waals surface area (Å²) in [4.78, 5) is 5.24. The molecule has 1 aromatic rings. The van der Waals surface area contributed by atoms with Gasteiger partial charge in [-0.2, -0.15) is 0 Å². The first-order chi connectivity index (χ1) is 9.72. The average molecular weight is 273 g/mol. The third kappa shape index (κ3) is 2.76. The lowest BCUT2D eigenvalue weighted by Crippen LogP contribution is -2.54. The van der Waals surface area contributed by atoms with Crippen molar-refractivity contribution < 1.29 is 0 Å². The molecular formula is C17H27N3. The predicted molar refractivity (Wildman–Crippen MR) is 83.5 cm³/mol. The van der Waals surface area contributed by atoms with E-state index in [0.717, 1.165) is 25.6 Å². The molecule has 0 amide bonds. The first-order valence-corrected chi connectivity index (χ1v) is 7.93. The molecule has 2 N–H and O–H groups in total. The van der Waals surface area contributed by atoms with E-state index in [2.05, 4.69) is 47.1 Å². The summed E-state index contributed by atoms with van der Waals surface area (Å²) in [5.74, 6) is 0.835. The van der Waals surface area contributed by atoms with Crippen molar-refractivity contribution in [1.82, 2.24) is 9.80 Å². The van der Waals surface area contributed by atoms with Crippen molar-refractivity contribution in [3.63, 3.8) is 0 Å². The van der Waals surface area contributed by atoms with Crippen molar-refractivity contribution in [3.8, 4) is 0 Å². The Bertz CT molecular complexity index is 433. The van der Waals surface area contributed by atoms with Gasteiger partial charge in [-0.05, 0) is 30.9 Å². The van der Waals surface area contributed by atoms with Crippen molar-refractivity contribution in [2.75, 3.05) is 32.7 Å². The van der Waals surface area contributed by atoms with E-state index in [1.54, 1.807) is 0 Å². The summed E-state index contributed by atoms with van der Waals surface area (Å²) in [6.45, 7) is 8.99. The highest BCUT2D eigenvalue weighted by molar-refractivity contribution is 5.15. The molecule has 2 fully saturated rings. The van der Waals surface area contributed by atoms with Crippen LogP contribution in [-0.2, 0) is 6.54 Å². The fourth-order valence-electron chi connectivity index (χ4n) is 3.84. The van der Waals surface area contributed by atoms with Crippen LogP contribution in [0.4, 0.5) is 0 Å². The molecule has 2 unspecified atom stereocenters. The third-order valence-corrected chi connectivity index (χ3v) is 5.13. The Morgan fingerprint density at radius 2 is 2.05 bits per heavy atom. The summed E-state index contributed by atoms with van der Waals surface area (Å²) in [6.07, 6.45) is 2.56. The quantitative estimate of drug-likeness (QED) is 0.910. The van der Waals surface area contributed by atoms with Crippen LogP contribution in [0.3, 0.4) is 0 Å². The monoisotopic (exact) mass is 273 g/mol. The second-order valence-corrected chi connectivity index (χ2v) is 6.71. The van der Waals surface area contributed by atoms with Crippen LogP contribution in [-0.4, -0.2) is 48.1 Å². The molecule has 3 rings (SSSR count). The molecule has 1 aromatic carbocycles. The second-order valence-electron chi connectivity index (χ2n) is 6.71. The molecule has 3 nitrogen and oxygen atoms in total. The third-order valence-electron chi connectivity index (χ3n) is 5.13. The predicted octanol–water partition coefficient (Wildman–Crippen LogP) is 1.93. The first kappa shape index (κ1) is 14.1. The molecule has 0 aromatic heterocycles. The van der Waals surface area contributed by atoms with E-state index in [1.165, 1.54) is 38.0 Å². The van der Waals surface area contributed by atoms with E-state index in [4.69, 9.17) is 5.73 Å². The summed E-state index contributed by atoms with van der Waals surface area (Å²) < 4.78 is 0. The van der Waals surface area contributed by atoms with Gasteiger partial charge in [0.1, 0.15) is 0 Å². The summed E-state index contributed by atoms with van der Waals surface area (Å²) >= 11 is 0. The van der Waals surface area contributed by atoms with Crippen molar-refractivity contribution in [2.24, 2.45) is 11.7 Å². The highest BCUT2D eigenvalue weighted by Gasteiger charge is 2.43. The maximum Gasteiger partial charge on any atom is 0.0470 e. The van der Waals surface area contributed by atoms with Crippen LogP contribution < -0.4 is 5.73 Å². The van der Waals surface area contributed by atoms with Crippen LogP contribution in [0.15, 0.2) is 30.3 Å². The average Bonchev–Trinajstić information content (AvgIpc) is 3.07. The Hall–Kier alpha value is -0.900. The van der Waals surface area contributed by atoms with Crippen LogP contribution in [0.25, 0.3) is 0 Å². The Kier molecular flexibility index (Phi) is 4.11. The molecule has 2 heterocycles. The van der Waals surface area contributed by atoms with Gasteiger partial charge >= 0.3 is 0 Å². The zero-order chi connectivity index (χ0) is 14.0. The normalized spacial score (nSPS) is 32.0. The zero-order valence-electron chi connectivity index (χ0n) is 12.6. The van der Waals surface area contributed by atoms with Crippen LogP contribution in [0.1, 0.15) is 25.3 Å². The summed E-state index contributed by atoms with van der Waals surface area (Å²) in [5.41, 5.74) is 7.83. The molecule has 0 bridgehead atoms. The molecule has 2 aliphatic heterocycles. The second kappa shape index (κ2) is 5.84. The standard InChI is InChI=1S/C17H27N3/c1-15-7-9-20(11-15)17(13-18)8-10-19(14-17)12-16-5-3-2-4-6-16/h2-6,15H,7-14,18H2,1H3. The van der Waals surface area contributed by atoms with Gasteiger partial charge in [0, 0.05) is 38.3 Å². The zero-order valence-corrected chi connectivity index (χ0v) is 12.6. The molecule has 3 heteroatoms. The van der Waals surface area contributed by atoms with Crippen molar-refractivity contribution in [1.29, 1.82) is 0 Å². The summed E-state index contributed by atoms with van der Waals surface area (Å²) in [6, 6.07) is 10.8. The molecule has 0 aliphatic carbocycles. The van der Waals surface area contributed by atoms with Gasteiger partial charge in [-0.25, -0.2) is 0 Å². The van der Waals surface area contributed by atoms with Crippen LogP contribution in [0.2, 0.25) is 0 Å². The molecule has 20 heavy (non-hydrogen) atoms. The van der Waals surface area contributed by atoms with E-state index in [0.29, 0.717) is 0 Å². The first-order valence-electron chi connectivity index (χ1n) is 7.93. The van der Waals surface area contributed by atoms with Crippen molar-refractivity contribution >= 4 is 0 Å². The maximum atomic E-state index is 6.18. The molecular weight excluding hydrogens is 246 g/mol. The number of hydrogen-bond donors (Lipinski definition) is 1. The molecule has 2 atom stereocenters. The Labute approximate surface area is 122 Å². The van der Waals surface area contributed by atoms with Crippen LogP contribution >= 0.6 is 0 Å². The van der Waals surface area contributed by atoms with Gasteiger partial charge in [0.05, 0.1) is 0 Å². The molecule has 0 spiro atoms. The Morgan fingerprint density at radius 1 is 1.25 bits per heavy atom. The van der Waals surface area contributed by atoms with Crippen molar-refractivity contribution in [2.45, 2.75) is 31.8 Å². The molecule has 2 aliphatic rings. The minimum absolute atomic E-state index is 0.236. The van der Waals surface area contributed by atoms with Crippen molar-refractivity contribution in [3.05, 3.63) is 35.9 Å². The number of hydrogen-bond acceptors (Lipinski definition) is 3. The van der Waals surface area contributed by atoms with Gasteiger partial charge in [0.2, 0.25) is 0 Å². The Balaban J connectivity index is 1.65. The Morgan fingerprint density at radius 3 is 2.70 bits per heavy atom. The fraction of sp³-hybridized carbons (Fsp3) is 0.647. The van der Waals surface area contributed by atoms with E-state index in [9.17, 15) is 0 Å². The van der Waals surface area contributed by atoms with Crippen LogP contribution in [0.5, 0.6) is 0 Å². The molecule has 0 radical (unpaired) electrons. The minimum atomic E-state index is 0.236. The number of nitrogens with zero attached hydrogens (tertiary/aromatic N) is 2. The van der Waals surface area contributed by atoms with Gasteiger partial charge in [-0.3, -0.25) is 9.80 Å². The highest BCUT2D eigenvalue weighted by atomic mass is 15.3. The lowest BCUT2D eigenvalue weighted by molar-refractivity contribution is 0.122. The van der Waals surface area contributed by atoms with Gasteiger partial charge in [-0.15, -0.1) is 0 Å². The largest absolute Gasteiger partial charge is 0.329 e. The maximum absolute atomic E-state index is 6.18. The van der Waals surface area contributed by atoms with E-state index < -0.39 is 0 Å². The topological polar surface area (TPSA) is 32.5 Å². The van der Waals surface area contributed by atoms with E-state index >= 15 is 0 Å². The molecule has 2 saturated heterocycles. The van der Waals surface area contributed by atoms with Gasteiger partial charge in [-0.1, -0.05) is 37.3 Å².